The third-order valence-electron chi connectivity index (χ3n) is 6.26. The van der Waals surface area contributed by atoms with Crippen LogP contribution in [0.4, 0.5) is 29.2 Å². The van der Waals surface area contributed by atoms with Crippen molar-refractivity contribution in [3.8, 4) is 0 Å². The summed E-state index contributed by atoms with van der Waals surface area (Å²) in [4.78, 5) is 9.68. The van der Waals surface area contributed by atoms with Crippen molar-refractivity contribution in [1.29, 1.82) is 0 Å². The summed E-state index contributed by atoms with van der Waals surface area (Å²) in [5, 5.41) is 13.4. The minimum Gasteiger partial charge on any atom is -0.388 e. The quantitative estimate of drug-likeness (QED) is 0.624. The zero-order valence-electron chi connectivity index (χ0n) is 17.6. The zero-order valence-corrected chi connectivity index (χ0v) is 18.5. The largest absolute Gasteiger partial charge is 0.416 e. The van der Waals surface area contributed by atoms with E-state index in [9.17, 15) is 26.7 Å². The monoisotopic (exact) mass is 488 g/mol. The molecule has 0 bridgehead atoms. The molecule has 1 aromatic carbocycles. The maximum Gasteiger partial charge on any atom is 0.416 e. The van der Waals surface area contributed by atoms with Crippen LogP contribution in [-0.4, -0.2) is 53.7 Å². The van der Waals surface area contributed by atoms with Crippen molar-refractivity contribution in [2.45, 2.75) is 43.5 Å². The Bertz CT molecular complexity index is 1100. The fourth-order valence-corrected chi connectivity index (χ4v) is 5.87. The molecule has 0 radical (unpaired) electrons. The molecule has 3 heterocycles. The Hall–Kier alpha value is -2.47. The molecule has 2 aliphatic rings. The zero-order chi connectivity index (χ0) is 23.9. The summed E-state index contributed by atoms with van der Waals surface area (Å²) in [5.74, 6) is -1.10. The average Bonchev–Trinajstić information content (AvgIpc) is 3.25. The summed E-state index contributed by atoms with van der Waals surface area (Å²) in [7, 11) is -3.16. The van der Waals surface area contributed by atoms with Gasteiger partial charge in [0, 0.05) is 13.1 Å². The third kappa shape index (κ3) is 5.21. The number of alkyl halides is 3. The second kappa shape index (κ2) is 8.71. The van der Waals surface area contributed by atoms with Gasteiger partial charge in [0.05, 0.1) is 28.7 Å². The van der Waals surface area contributed by atoms with Gasteiger partial charge in [-0.05, 0) is 43.4 Å². The SMILES string of the molecule is O=S1(=O)CCC(O)(CNc2ncnc(N3CCC[C@@H]3c3ccc(C(F)(F)F)cc3)c2F)CC1. The molecule has 180 valence electrons. The van der Waals surface area contributed by atoms with Crippen LogP contribution in [0.1, 0.15) is 42.9 Å². The standard InChI is InChI=1S/C21H24F4N4O3S/c22-17-18(26-12-20(30)7-10-33(31,32)11-8-20)27-13-28-19(17)29-9-1-2-16(29)14-3-5-15(6-4-14)21(23,24)25/h3-6,13,16,30H,1-2,7-12H2,(H,26,27,28)/t16-/m1/s1. The lowest BCUT2D eigenvalue weighted by Crippen LogP contribution is -2.44. The molecule has 2 fully saturated rings. The van der Waals surface area contributed by atoms with Gasteiger partial charge in [0.15, 0.2) is 21.5 Å². The molecule has 1 aromatic heterocycles. The third-order valence-corrected chi connectivity index (χ3v) is 7.91. The number of rotatable bonds is 5. The van der Waals surface area contributed by atoms with Crippen molar-refractivity contribution >= 4 is 21.5 Å². The number of aromatic nitrogens is 2. The fourth-order valence-electron chi connectivity index (χ4n) is 4.29. The Morgan fingerprint density at radius 2 is 1.82 bits per heavy atom. The van der Waals surface area contributed by atoms with Crippen molar-refractivity contribution in [3.05, 3.63) is 47.5 Å². The minimum absolute atomic E-state index is 0.0214. The molecular weight excluding hydrogens is 464 g/mol. The number of aliphatic hydroxyl groups is 1. The van der Waals surface area contributed by atoms with Crippen LogP contribution in [0.15, 0.2) is 30.6 Å². The molecule has 12 heteroatoms. The van der Waals surface area contributed by atoms with Crippen LogP contribution in [0.5, 0.6) is 0 Å². The molecule has 2 aliphatic heterocycles. The van der Waals surface area contributed by atoms with Crippen LogP contribution >= 0.6 is 0 Å². The minimum atomic E-state index is -4.43. The summed E-state index contributed by atoms with van der Waals surface area (Å²) >= 11 is 0. The van der Waals surface area contributed by atoms with Crippen molar-refractivity contribution in [3.63, 3.8) is 0 Å². The molecule has 0 spiro atoms. The molecule has 7 nitrogen and oxygen atoms in total. The number of anilines is 2. The first-order valence-electron chi connectivity index (χ1n) is 10.6. The molecule has 4 rings (SSSR count). The van der Waals surface area contributed by atoms with E-state index in [-0.39, 0.29) is 48.6 Å². The smallest absolute Gasteiger partial charge is 0.388 e. The Labute approximate surface area is 188 Å². The van der Waals surface area contributed by atoms with Gasteiger partial charge in [0.1, 0.15) is 6.33 Å². The fraction of sp³-hybridized carbons (Fsp3) is 0.524. The number of nitrogens with zero attached hydrogens (tertiary/aromatic N) is 3. The van der Waals surface area contributed by atoms with Gasteiger partial charge in [0.25, 0.3) is 0 Å². The van der Waals surface area contributed by atoms with Gasteiger partial charge in [-0.1, -0.05) is 12.1 Å². The van der Waals surface area contributed by atoms with Gasteiger partial charge in [-0.15, -0.1) is 0 Å². The summed E-state index contributed by atoms with van der Waals surface area (Å²) < 4.78 is 77.1. The predicted molar refractivity (Wildman–Crippen MR) is 114 cm³/mol. The molecule has 2 N–H and O–H groups in total. The van der Waals surface area contributed by atoms with Gasteiger partial charge < -0.3 is 15.3 Å². The first kappa shape index (κ1) is 23.7. The highest BCUT2D eigenvalue weighted by molar-refractivity contribution is 7.91. The van der Waals surface area contributed by atoms with Crippen molar-refractivity contribution < 1.29 is 31.1 Å². The Kier molecular flexibility index (Phi) is 6.25. The molecule has 33 heavy (non-hydrogen) atoms. The number of halogens is 4. The molecule has 0 unspecified atom stereocenters. The number of hydrogen-bond donors (Lipinski definition) is 2. The lowest BCUT2D eigenvalue weighted by molar-refractivity contribution is -0.137. The average molecular weight is 489 g/mol. The van der Waals surface area contributed by atoms with Crippen LogP contribution in [-0.2, 0) is 16.0 Å². The number of nitrogens with one attached hydrogen (secondary N) is 1. The van der Waals surface area contributed by atoms with E-state index in [1.807, 2.05) is 0 Å². The van der Waals surface area contributed by atoms with Crippen LogP contribution < -0.4 is 10.2 Å². The van der Waals surface area contributed by atoms with E-state index >= 15 is 4.39 Å². The topological polar surface area (TPSA) is 95.4 Å². The highest BCUT2D eigenvalue weighted by Crippen LogP contribution is 2.38. The van der Waals surface area contributed by atoms with E-state index in [2.05, 4.69) is 15.3 Å². The van der Waals surface area contributed by atoms with Crippen LogP contribution in [0.25, 0.3) is 0 Å². The van der Waals surface area contributed by atoms with Crippen molar-refractivity contribution in [2.75, 3.05) is 34.8 Å². The van der Waals surface area contributed by atoms with E-state index in [1.165, 1.54) is 18.5 Å². The molecule has 0 saturated carbocycles. The van der Waals surface area contributed by atoms with Crippen LogP contribution in [0.2, 0.25) is 0 Å². The number of sulfone groups is 1. The van der Waals surface area contributed by atoms with E-state index in [0.29, 0.717) is 24.9 Å². The van der Waals surface area contributed by atoms with E-state index in [1.54, 1.807) is 4.90 Å². The van der Waals surface area contributed by atoms with Crippen LogP contribution in [0, 0.1) is 5.82 Å². The van der Waals surface area contributed by atoms with E-state index < -0.39 is 33.0 Å². The van der Waals surface area contributed by atoms with Crippen LogP contribution in [0.3, 0.4) is 0 Å². The van der Waals surface area contributed by atoms with Crippen molar-refractivity contribution in [2.24, 2.45) is 0 Å². The number of hydrogen-bond acceptors (Lipinski definition) is 7. The first-order valence-corrected chi connectivity index (χ1v) is 12.4. The molecule has 0 aliphatic carbocycles. The second-order valence-electron chi connectivity index (χ2n) is 8.56. The summed E-state index contributed by atoms with van der Waals surface area (Å²) in [6.07, 6.45) is -1.82. The lowest BCUT2D eigenvalue weighted by atomic mass is 9.97. The predicted octanol–water partition coefficient (Wildman–Crippen LogP) is 3.33. The lowest BCUT2D eigenvalue weighted by Gasteiger charge is -2.32. The van der Waals surface area contributed by atoms with Gasteiger partial charge in [-0.3, -0.25) is 0 Å². The Morgan fingerprint density at radius 1 is 1.15 bits per heavy atom. The van der Waals surface area contributed by atoms with Gasteiger partial charge in [0.2, 0.25) is 5.82 Å². The highest BCUT2D eigenvalue weighted by Gasteiger charge is 2.36. The number of benzene rings is 1. The van der Waals surface area contributed by atoms with E-state index in [0.717, 1.165) is 12.1 Å². The molecule has 2 aromatic rings. The molecular formula is C21H24F4N4O3S. The second-order valence-corrected chi connectivity index (χ2v) is 10.9. The Morgan fingerprint density at radius 3 is 2.45 bits per heavy atom. The van der Waals surface area contributed by atoms with Gasteiger partial charge in [-0.25, -0.2) is 18.4 Å². The molecule has 1 atom stereocenters. The van der Waals surface area contributed by atoms with Gasteiger partial charge >= 0.3 is 6.18 Å². The summed E-state index contributed by atoms with van der Waals surface area (Å²) in [6.45, 7) is 0.402. The maximum atomic E-state index is 15.3. The summed E-state index contributed by atoms with van der Waals surface area (Å²) in [6, 6.07) is 4.49. The van der Waals surface area contributed by atoms with Crippen molar-refractivity contribution in [1.82, 2.24) is 9.97 Å². The maximum absolute atomic E-state index is 15.3. The first-order chi connectivity index (χ1) is 15.5. The van der Waals surface area contributed by atoms with E-state index in [4.69, 9.17) is 0 Å². The molecule has 2 saturated heterocycles. The highest BCUT2D eigenvalue weighted by atomic mass is 32.2. The van der Waals surface area contributed by atoms with Gasteiger partial charge in [-0.2, -0.15) is 17.6 Å². The summed E-state index contributed by atoms with van der Waals surface area (Å²) in [5.41, 5.74) is -1.41. The normalized spacial score (nSPS) is 22.3. The Balaban J connectivity index is 1.50. The molecule has 0 amide bonds.